The molecule has 0 saturated carbocycles. The zero-order chi connectivity index (χ0) is 10.6. The highest BCUT2D eigenvalue weighted by molar-refractivity contribution is 9.09. The van der Waals surface area contributed by atoms with Gasteiger partial charge in [-0.3, -0.25) is 4.90 Å². The maximum atomic E-state index is 5.67. The molecule has 1 aliphatic rings. The molecule has 0 spiro atoms. The van der Waals surface area contributed by atoms with Crippen LogP contribution in [0.25, 0.3) is 0 Å². The molecule has 0 aromatic heterocycles. The summed E-state index contributed by atoms with van der Waals surface area (Å²) in [6, 6.07) is 0.968. The summed E-state index contributed by atoms with van der Waals surface area (Å²) in [7, 11) is 1.75. The van der Waals surface area contributed by atoms with Gasteiger partial charge in [-0.25, -0.2) is 0 Å². The molecule has 3 atom stereocenters. The number of morpholine rings is 1. The molecule has 84 valence electrons. The van der Waals surface area contributed by atoms with Gasteiger partial charge in [-0.05, 0) is 13.8 Å². The normalized spacial score (nSPS) is 31.7. The van der Waals surface area contributed by atoms with Crippen molar-refractivity contribution in [2.75, 3.05) is 32.2 Å². The van der Waals surface area contributed by atoms with Gasteiger partial charge in [-0.15, -0.1) is 0 Å². The second kappa shape index (κ2) is 6.05. The van der Waals surface area contributed by atoms with Gasteiger partial charge in [0, 0.05) is 31.1 Å². The molecular formula is C10H20BrNO2. The van der Waals surface area contributed by atoms with Crippen LogP contribution in [0.15, 0.2) is 0 Å². The fourth-order valence-electron chi connectivity index (χ4n) is 1.88. The molecule has 0 radical (unpaired) electrons. The minimum absolute atomic E-state index is 0.325. The van der Waals surface area contributed by atoms with Crippen LogP contribution >= 0.6 is 15.9 Å². The Hall–Kier alpha value is 0.360. The second-order valence-electron chi connectivity index (χ2n) is 3.96. The highest BCUT2D eigenvalue weighted by Crippen LogP contribution is 2.16. The van der Waals surface area contributed by atoms with Gasteiger partial charge in [0.05, 0.1) is 19.3 Å². The summed E-state index contributed by atoms with van der Waals surface area (Å²) in [5, 5.41) is 0.913. The number of ether oxygens (including phenoxy) is 2. The summed E-state index contributed by atoms with van der Waals surface area (Å²) in [6.07, 6.45) is 0.325. The zero-order valence-corrected chi connectivity index (χ0v) is 10.8. The lowest BCUT2D eigenvalue weighted by Crippen LogP contribution is -2.53. The number of hydrogen-bond acceptors (Lipinski definition) is 3. The molecule has 1 heterocycles. The van der Waals surface area contributed by atoms with Crippen molar-refractivity contribution in [2.45, 2.75) is 32.0 Å². The van der Waals surface area contributed by atoms with Gasteiger partial charge in [-0.1, -0.05) is 15.9 Å². The number of alkyl halides is 1. The van der Waals surface area contributed by atoms with E-state index in [0.29, 0.717) is 18.2 Å². The fourth-order valence-corrected chi connectivity index (χ4v) is 2.28. The maximum Gasteiger partial charge on any atom is 0.0799 e. The average Bonchev–Trinajstić information content (AvgIpc) is 2.19. The van der Waals surface area contributed by atoms with E-state index >= 15 is 0 Å². The molecule has 4 heteroatoms. The first-order chi connectivity index (χ1) is 6.69. The van der Waals surface area contributed by atoms with Crippen LogP contribution in [0, 0.1) is 0 Å². The lowest BCUT2D eigenvalue weighted by atomic mass is 10.1. The summed E-state index contributed by atoms with van der Waals surface area (Å²) < 4.78 is 10.8. The lowest BCUT2D eigenvalue weighted by Gasteiger charge is -2.40. The Labute approximate surface area is 94.9 Å². The van der Waals surface area contributed by atoms with E-state index < -0.39 is 0 Å². The summed E-state index contributed by atoms with van der Waals surface area (Å²) in [5.74, 6) is 0. The Balaban J connectivity index is 2.46. The van der Waals surface area contributed by atoms with Crippen LogP contribution in [-0.2, 0) is 9.47 Å². The Morgan fingerprint density at radius 2 is 2.36 bits per heavy atom. The SMILES string of the molecule is COCC(C)N1CC(CBr)OCC1C. The highest BCUT2D eigenvalue weighted by atomic mass is 79.9. The van der Waals surface area contributed by atoms with E-state index in [1.165, 1.54) is 0 Å². The van der Waals surface area contributed by atoms with Gasteiger partial charge in [0.2, 0.25) is 0 Å². The van der Waals surface area contributed by atoms with E-state index in [4.69, 9.17) is 9.47 Å². The van der Waals surface area contributed by atoms with Gasteiger partial charge in [0.15, 0.2) is 0 Å². The van der Waals surface area contributed by atoms with Gasteiger partial charge < -0.3 is 9.47 Å². The third kappa shape index (κ3) is 3.19. The smallest absolute Gasteiger partial charge is 0.0799 e. The standard InChI is InChI=1S/C10H20BrNO2/c1-8(6-13-3)12-5-10(4-11)14-7-9(12)2/h8-10H,4-7H2,1-3H3. The van der Waals surface area contributed by atoms with Crippen LogP contribution in [0.3, 0.4) is 0 Å². The van der Waals surface area contributed by atoms with Crippen molar-refractivity contribution in [3.63, 3.8) is 0 Å². The van der Waals surface area contributed by atoms with Crippen LogP contribution < -0.4 is 0 Å². The van der Waals surface area contributed by atoms with Crippen molar-refractivity contribution in [3.8, 4) is 0 Å². The van der Waals surface area contributed by atoms with E-state index in [-0.39, 0.29) is 0 Å². The molecule has 1 rings (SSSR count). The maximum absolute atomic E-state index is 5.67. The Morgan fingerprint density at radius 3 is 2.93 bits per heavy atom. The Morgan fingerprint density at radius 1 is 1.64 bits per heavy atom. The topological polar surface area (TPSA) is 21.7 Å². The molecule has 0 N–H and O–H groups in total. The van der Waals surface area contributed by atoms with Crippen molar-refractivity contribution < 1.29 is 9.47 Å². The predicted octanol–water partition coefficient (Wildman–Crippen LogP) is 1.51. The fraction of sp³-hybridized carbons (Fsp3) is 1.00. The first-order valence-electron chi connectivity index (χ1n) is 5.11. The van der Waals surface area contributed by atoms with E-state index in [0.717, 1.165) is 25.1 Å². The molecular weight excluding hydrogens is 246 g/mol. The van der Waals surface area contributed by atoms with Crippen LogP contribution in [-0.4, -0.2) is 55.3 Å². The molecule has 1 aliphatic heterocycles. The molecule has 3 nitrogen and oxygen atoms in total. The van der Waals surface area contributed by atoms with Crippen LogP contribution in [0.5, 0.6) is 0 Å². The third-order valence-electron chi connectivity index (χ3n) is 2.70. The Bertz CT molecular complexity index is 168. The number of halogens is 1. The van der Waals surface area contributed by atoms with E-state index in [1.807, 2.05) is 0 Å². The number of hydrogen-bond donors (Lipinski definition) is 0. The number of methoxy groups -OCH3 is 1. The van der Waals surface area contributed by atoms with Crippen molar-refractivity contribution in [1.82, 2.24) is 4.90 Å². The molecule has 1 fully saturated rings. The van der Waals surface area contributed by atoms with Crippen molar-refractivity contribution in [2.24, 2.45) is 0 Å². The first-order valence-corrected chi connectivity index (χ1v) is 6.23. The summed E-state index contributed by atoms with van der Waals surface area (Å²) >= 11 is 3.46. The number of nitrogens with zero attached hydrogens (tertiary/aromatic N) is 1. The van der Waals surface area contributed by atoms with Crippen LogP contribution in [0.2, 0.25) is 0 Å². The molecule has 0 aromatic carbocycles. The van der Waals surface area contributed by atoms with Gasteiger partial charge >= 0.3 is 0 Å². The monoisotopic (exact) mass is 265 g/mol. The minimum atomic E-state index is 0.325. The Kier molecular flexibility index (Phi) is 5.38. The largest absolute Gasteiger partial charge is 0.383 e. The van der Waals surface area contributed by atoms with E-state index in [1.54, 1.807) is 7.11 Å². The summed E-state index contributed by atoms with van der Waals surface area (Å²) in [4.78, 5) is 2.46. The van der Waals surface area contributed by atoms with Gasteiger partial charge in [0.1, 0.15) is 0 Å². The van der Waals surface area contributed by atoms with Crippen molar-refractivity contribution in [1.29, 1.82) is 0 Å². The van der Waals surface area contributed by atoms with Gasteiger partial charge in [0.25, 0.3) is 0 Å². The first kappa shape index (κ1) is 12.4. The van der Waals surface area contributed by atoms with Crippen molar-refractivity contribution >= 4 is 15.9 Å². The van der Waals surface area contributed by atoms with Crippen LogP contribution in [0.1, 0.15) is 13.8 Å². The average molecular weight is 266 g/mol. The summed E-state index contributed by atoms with van der Waals surface area (Å²) in [6.45, 7) is 7.02. The van der Waals surface area contributed by atoms with E-state index in [2.05, 4.69) is 34.7 Å². The molecule has 0 aromatic rings. The molecule has 3 unspecified atom stereocenters. The lowest BCUT2D eigenvalue weighted by molar-refractivity contribution is -0.0703. The predicted molar refractivity (Wildman–Crippen MR) is 61.0 cm³/mol. The van der Waals surface area contributed by atoms with E-state index in [9.17, 15) is 0 Å². The third-order valence-corrected chi connectivity index (χ3v) is 3.42. The summed E-state index contributed by atoms with van der Waals surface area (Å²) in [5.41, 5.74) is 0. The quantitative estimate of drug-likeness (QED) is 0.720. The van der Waals surface area contributed by atoms with Gasteiger partial charge in [-0.2, -0.15) is 0 Å². The molecule has 0 aliphatic carbocycles. The molecule has 0 amide bonds. The van der Waals surface area contributed by atoms with Crippen molar-refractivity contribution in [3.05, 3.63) is 0 Å². The highest BCUT2D eigenvalue weighted by Gasteiger charge is 2.28. The second-order valence-corrected chi connectivity index (χ2v) is 4.61. The molecule has 14 heavy (non-hydrogen) atoms. The number of rotatable bonds is 4. The zero-order valence-electron chi connectivity index (χ0n) is 9.20. The van der Waals surface area contributed by atoms with Crippen LogP contribution in [0.4, 0.5) is 0 Å². The molecule has 1 saturated heterocycles. The minimum Gasteiger partial charge on any atom is -0.383 e. The molecule has 0 bridgehead atoms.